The minimum atomic E-state index is -0.211. The summed E-state index contributed by atoms with van der Waals surface area (Å²) in [5.41, 5.74) is 1.97. The van der Waals surface area contributed by atoms with Gasteiger partial charge in [-0.15, -0.1) is 0 Å². The van der Waals surface area contributed by atoms with Gasteiger partial charge in [-0.05, 0) is 43.1 Å². The van der Waals surface area contributed by atoms with Gasteiger partial charge in [0.2, 0.25) is 0 Å². The third-order valence-corrected chi connectivity index (χ3v) is 2.99. The molecular weight excluding hydrogens is 243 g/mol. The third-order valence-electron chi connectivity index (χ3n) is 2.99. The van der Waals surface area contributed by atoms with Crippen LogP contribution in [0.15, 0.2) is 18.2 Å². The van der Waals surface area contributed by atoms with E-state index in [1.54, 1.807) is 6.07 Å². The number of aliphatic hydroxyl groups excluding tert-OH is 1. The van der Waals surface area contributed by atoms with Gasteiger partial charge in [0.25, 0.3) is 0 Å². The Morgan fingerprint density at radius 2 is 2.00 bits per heavy atom. The second kappa shape index (κ2) is 8.88. The van der Waals surface area contributed by atoms with Gasteiger partial charge in [0.1, 0.15) is 5.82 Å². The lowest BCUT2D eigenvalue weighted by Crippen LogP contribution is -2.29. The van der Waals surface area contributed by atoms with E-state index >= 15 is 0 Å². The van der Waals surface area contributed by atoms with Gasteiger partial charge in [-0.1, -0.05) is 13.8 Å². The van der Waals surface area contributed by atoms with Crippen LogP contribution >= 0.6 is 0 Å². The van der Waals surface area contributed by atoms with Crippen molar-refractivity contribution in [2.45, 2.75) is 33.2 Å². The molecule has 1 rings (SSSR count). The summed E-state index contributed by atoms with van der Waals surface area (Å²) in [6.07, 6.45) is 2.05. The summed E-state index contributed by atoms with van der Waals surface area (Å²) in [4.78, 5) is 2.11. The number of aliphatic hydroxyl groups is 1. The highest BCUT2D eigenvalue weighted by Crippen LogP contribution is 2.22. The molecule has 1 aromatic rings. The summed E-state index contributed by atoms with van der Waals surface area (Å²) >= 11 is 0. The van der Waals surface area contributed by atoms with Gasteiger partial charge >= 0.3 is 0 Å². The Hall–Kier alpha value is -1.13. The molecule has 0 saturated carbocycles. The normalized spacial score (nSPS) is 10.7. The van der Waals surface area contributed by atoms with Crippen LogP contribution in [0.5, 0.6) is 0 Å². The quantitative estimate of drug-likeness (QED) is 0.676. The van der Waals surface area contributed by atoms with Crippen LogP contribution in [0.4, 0.5) is 10.1 Å². The highest BCUT2D eigenvalue weighted by Gasteiger charge is 2.11. The molecule has 0 amide bonds. The van der Waals surface area contributed by atoms with Crippen LogP contribution in [0.1, 0.15) is 32.3 Å². The van der Waals surface area contributed by atoms with E-state index in [4.69, 9.17) is 5.11 Å². The Balaban J connectivity index is 2.88. The maximum Gasteiger partial charge on any atom is 0.123 e. The van der Waals surface area contributed by atoms with E-state index in [-0.39, 0.29) is 12.4 Å². The van der Waals surface area contributed by atoms with Crippen LogP contribution in [-0.2, 0) is 6.54 Å². The molecule has 0 radical (unpaired) electrons. The molecule has 0 heterocycles. The number of rotatable bonds is 9. The Bertz CT molecular complexity index is 365. The molecule has 0 aliphatic heterocycles. The van der Waals surface area contributed by atoms with E-state index in [0.29, 0.717) is 13.1 Å². The van der Waals surface area contributed by atoms with Crippen molar-refractivity contribution in [1.29, 1.82) is 0 Å². The first-order chi connectivity index (χ1) is 9.22. The van der Waals surface area contributed by atoms with Crippen LogP contribution in [0.25, 0.3) is 0 Å². The molecule has 3 nitrogen and oxygen atoms in total. The molecule has 0 bridgehead atoms. The molecule has 19 heavy (non-hydrogen) atoms. The number of nitrogens with one attached hydrogen (secondary N) is 1. The lowest BCUT2D eigenvalue weighted by molar-refractivity contribution is 0.301. The number of halogens is 1. The van der Waals surface area contributed by atoms with Crippen molar-refractivity contribution in [2.24, 2.45) is 0 Å². The predicted octanol–water partition coefficient (Wildman–Crippen LogP) is 2.53. The summed E-state index contributed by atoms with van der Waals surface area (Å²) in [6.45, 7) is 7.35. The molecule has 4 heteroatoms. The van der Waals surface area contributed by atoms with Crippen LogP contribution in [0.2, 0.25) is 0 Å². The van der Waals surface area contributed by atoms with Crippen LogP contribution in [0, 0.1) is 5.82 Å². The van der Waals surface area contributed by atoms with E-state index in [2.05, 4.69) is 24.1 Å². The van der Waals surface area contributed by atoms with Gasteiger partial charge in [0.05, 0.1) is 6.61 Å². The summed E-state index contributed by atoms with van der Waals surface area (Å²) in [5.74, 6) is -0.211. The zero-order valence-electron chi connectivity index (χ0n) is 12.0. The fourth-order valence-electron chi connectivity index (χ4n) is 2.15. The lowest BCUT2D eigenvalue weighted by atomic mass is 10.1. The molecule has 0 saturated heterocycles. The highest BCUT2D eigenvalue weighted by molar-refractivity contribution is 5.54. The minimum absolute atomic E-state index is 0.110. The summed E-state index contributed by atoms with van der Waals surface area (Å²) in [5, 5.41) is 12.5. The van der Waals surface area contributed by atoms with Gasteiger partial charge < -0.3 is 15.3 Å². The second-order valence-electron chi connectivity index (χ2n) is 4.66. The smallest absolute Gasteiger partial charge is 0.123 e. The largest absolute Gasteiger partial charge is 0.395 e. The van der Waals surface area contributed by atoms with Crippen LogP contribution in [-0.4, -0.2) is 31.3 Å². The van der Waals surface area contributed by atoms with Crippen LogP contribution < -0.4 is 10.2 Å². The summed E-state index contributed by atoms with van der Waals surface area (Å²) in [7, 11) is 0. The SMILES string of the molecule is CCCNCc1cc(F)ccc1N(CCC)CCO. The van der Waals surface area contributed by atoms with E-state index in [1.807, 2.05) is 6.07 Å². The number of anilines is 1. The van der Waals surface area contributed by atoms with Crippen molar-refractivity contribution in [3.8, 4) is 0 Å². The Morgan fingerprint density at radius 3 is 2.63 bits per heavy atom. The standard InChI is InChI=1S/C15H25FN2O/c1-3-7-17-12-13-11-14(16)5-6-15(13)18(8-4-2)9-10-19/h5-6,11,17,19H,3-4,7-10,12H2,1-2H3. The third kappa shape index (κ3) is 5.17. The molecule has 2 N–H and O–H groups in total. The van der Waals surface area contributed by atoms with Gasteiger partial charge in [-0.3, -0.25) is 0 Å². The van der Waals surface area contributed by atoms with Gasteiger partial charge in [0.15, 0.2) is 0 Å². The van der Waals surface area contributed by atoms with E-state index < -0.39 is 0 Å². The van der Waals surface area contributed by atoms with E-state index in [0.717, 1.165) is 37.2 Å². The topological polar surface area (TPSA) is 35.5 Å². The molecule has 1 aromatic carbocycles. The van der Waals surface area contributed by atoms with Gasteiger partial charge in [-0.2, -0.15) is 0 Å². The Kier molecular flexibility index (Phi) is 7.45. The van der Waals surface area contributed by atoms with Gasteiger partial charge in [-0.25, -0.2) is 4.39 Å². The average Bonchev–Trinajstić information content (AvgIpc) is 2.39. The van der Waals surface area contributed by atoms with Crippen molar-refractivity contribution in [3.63, 3.8) is 0 Å². The monoisotopic (exact) mass is 268 g/mol. The second-order valence-corrected chi connectivity index (χ2v) is 4.66. The maximum absolute atomic E-state index is 13.4. The fraction of sp³-hybridized carbons (Fsp3) is 0.600. The first-order valence-corrected chi connectivity index (χ1v) is 7.07. The predicted molar refractivity (Wildman–Crippen MR) is 78.0 cm³/mol. The highest BCUT2D eigenvalue weighted by atomic mass is 19.1. The first kappa shape index (κ1) is 15.9. The zero-order valence-corrected chi connectivity index (χ0v) is 12.0. The van der Waals surface area contributed by atoms with E-state index in [9.17, 15) is 4.39 Å². The fourth-order valence-corrected chi connectivity index (χ4v) is 2.15. The van der Waals surface area contributed by atoms with E-state index in [1.165, 1.54) is 6.07 Å². The van der Waals surface area contributed by atoms with Crippen molar-refractivity contribution in [1.82, 2.24) is 5.32 Å². The number of benzene rings is 1. The van der Waals surface area contributed by atoms with Crippen LogP contribution in [0.3, 0.4) is 0 Å². The van der Waals surface area contributed by atoms with Crippen molar-refractivity contribution in [2.75, 3.05) is 31.1 Å². The Labute approximate surface area is 115 Å². The minimum Gasteiger partial charge on any atom is -0.395 e. The van der Waals surface area contributed by atoms with Crippen molar-refractivity contribution < 1.29 is 9.50 Å². The Morgan fingerprint density at radius 1 is 1.21 bits per heavy atom. The number of hydrogen-bond acceptors (Lipinski definition) is 3. The first-order valence-electron chi connectivity index (χ1n) is 7.07. The van der Waals surface area contributed by atoms with Crippen molar-refractivity contribution >= 4 is 5.69 Å². The van der Waals surface area contributed by atoms with Gasteiger partial charge in [0, 0.05) is 25.3 Å². The number of nitrogens with zero attached hydrogens (tertiary/aromatic N) is 1. The molecular formula is C15H25FN2O. The molecule has 0 aliphatic carbocycles. The molecule has 0 atom stereocenters. The lowest BCUT2D eigenvalue weighted by Gasteiger charge is -2.26. The molecule has 0 aromatic heterocycles. The molecule has 0 fully saturated rings. The van der Waals surface area contributed by atoms with Crippen molar-refractivity contribution in [3.05, 3.63) is 29.6 Å². The summed E-state index contributed by atoms with van der Waals surface area (Å²) in [6, 6.07) is 4.88. The zero-order chi connectivity index (χ0) is 14.1. The molecule has 0 aliphatic rings. The summed E-state index contributed by atoms with van der Waals surface area (Å²) < 4.78 is 13.4. The number of hydrogen-bond donors (Lipinski definition) is 2. The molecule has 108 valence electrons. The maximum atomic E-state index is 13.4. The molecule has 0 spiro atoms. The average molecular weight is 268 g/mol. The molecule has 0 unspecified atom stereocenters.